The van der Waals surface area contributed by atoms with E-state index < -0.39 is 0 Å². The Morgan fingerprint density at radius 2 is 2.21 bits per heavy atom. The van der Waals surface area contributed by atoms with Gasteiger partial charge in [0.2, 0.25) is 0 Å². The molecular weight excluding hydrogens is 196 g/mol. The average molecular weight is 210 g/mol. The maximum atomic E-state index is 5.17. The second kappa shape index (κ2) is 3.57. The maximum absolute atomic E-state index is 5.17. The molecule has 1 fully saturated rings. The highest BCUT2D eigenvalue weighted by Gasteiger charge is 2.22. The zero-order chi connectivity index (χ0) is 10.1. The maximum Gasteiger partial charge on any atom is 0.171 e. The van der Waals surface area contributed by atoms with E-state index in [-0.39, 0.29) is 0 Å². The summed E-state index contributed by atoms with van der Waals surface area (Å²) >= 11 is 5.17. The van der Waals surface area contributed by atoms with E-state index in [0.29, 0.717) is 11.2 Å². The Bertz CT molecular complexity index is 334. The van der Waals surface area contributed by atoms with Crippen molar-refractivity contribution >= 4 is 23.0 Å². The van der Waals surface area contributed by atoms with Gasteiger partial charge < -0.3 is 10.6 Å². The topological polar surface area (TPSA) is 52.7 Å². The first-order chi connectivity index (χ1) is 6.66. The summed E-state index contributed by atoms with van der Waals surface area (Å²) in [4.78, 5) is 0. The number of nitrogens with one attached hydrogen (secondary N) is 3. The van der Waals surface area contributed by atoms with Gasteiger partial charge in [0.1, 0.15) is 0 Å². The van der Waals surface area contributed by atoms with Crippen LogP contribution in [0.3, 0.4) is 0 Å². The molecule has 0 bridgehead atoms. The molecule has 1 aromatic heterocycles. The molecule has 2 rings (SSSR count). The van der Waals surface area contributed by atoms with Crippen LogP contribution in [0, 0.1) is 13.8 Å². The van der Waals surface area contributed by atoms with Gasteiger partial charge in [0.25, 0.3) is 0 Å². The van der Waals surface area contributed by atoms with Crippen LogP contribution in [-0.2, 0) is 0 Å². The number of hydrogen-bond acceptors (Lipinski definition) is 2. The van der Waals surface area contributed by atoms with Gasteiger partial charge in [-0.05, 0) is 38.9 Å². The number of hydrogen-bond donors (Lipinski definition) is 3. The van der Waals surface area contributed by atoms with Crippen LogP contribution in [0.15, 0.2) is 0 Å². The molecule has 1 saturated carbocycles. The van der Waals surface area contributed by atoms with E-state index in [4.69, 9.17) is 12.2 Å². The molecule has 0 amide bonds. The van der Waals surface area contributed by atoms with Crippen LogP contribution in [-0.4, -0.2) is 21.4 Å². The van der Waals surface area contributed by atoms with Gasteiger partial charge in [0.15, 0.2) is 5.11 Å². The van der Waals surface area contributed by atoms with E-state index in [0.717, 1.165) is 17.1 Å². The fourth-order valence-electron chi connectivity index (χ4n) is 1.30. The number of nitrogens with zero attached hydrogens (tertiary/aromatic N) is 1. The number of thiocarbonyl (C=S) groups is 1. The van der Waals surface area contributed by atoms with Gasteiger partial charge >= 0.3 is 0 Å². The quantitative estimate of drug-likeness (QED) is 0.647. The summed E-state index contributed by atoms with van der Waals surface area (Å²) in [6.07, 6.45) is 2.45. The predicted molar refractivity (Wildman–Crippen MR) is 60.4 cm³/mol. The average Bonchev–Trinajstić information content (AvgIpc) is 2.88. The largest absolute Gasteiger partial charge is 0.360 e. The first-order valence-corrected chi connectivity index (χ1v) is 5.16. The third-order valence-corrected chi connectivity index (χ3v) is 2.50. The molecule has 3 N–H and O–H groups in total. The van der Waals surface area contributed by atoms with Crippen LogP contribution >= 0.6 is 12.2 Å². The highest BCUT2D eigenvalue weighted by Crippen LogP contribution is 2.20. The molecule has 0 aromatic carbocycles. The van der Waals surface area contributed by atoms with Crippen molar-refractivity contribution < 1.29 is 0 Å². The molecular formula is C9H14N4S. The molecule has 0 unspecified atom stereocenters. The highest BCUT2D eigenvalue weighted by atomic mass is 32.1. The summed E-state index contributed by atoms with van der Waals surface area (Å²) < 4.78 is 0. The summed E-state index contributed by atoms with van der Waals surface area (Å²) in [7, 11) is 0. The number of aromatic nitrogens is 2. The molecule has 1 aliphatic carbocycles. The molecule has 1 heterocycles. The van der Waals surface area contributed by atoms with Crippen molar-refractivity contribution in [3.63, 3.8) is 0 Å². The summed E-state index contributed by atoms with van der Waals surface area (Å²) in [5, 5.41) is 14.1. The van der Waals surface area contributed by atoms with Gasteiger partial charge in [-0.25, -0.2) is 0 Å². The summed E-state index contributed by atoms with van der Waals surface area (Å²) in [6.45, 7) is 3.92. The lowest BCUT2D eigenvalue weighted by Crippen LogP contribution is -2.30. The molecule has 4 nitrogen and oxygen atoms in total. The van der Waals surface area contributed by atoms with Gasteiger partial charge in [-0.3, -0.25) is 5.10 Å². The zero-order valence-electron chi connectivity index (χ0n) is 8.35. The van der Waals surface area contributed by atoms with Crippen LogP contribution in [0.25, 0.3) is 0 Å². The lowest BCUT2D eigenvalue weighted by Gasteiger charge is -2.09. The summed E-state index contributed by atoms with van der Waals surface area (Å²) in [6, 6.07) is 0.586. The van der Waals surface area contributed by atoms with E-state index in [1.807, 2.05) is 13.8 Å². The highest BCUT2D eigenvalue weighted by molar-refractivity contribution is 7.80. The van der Waals surface area contributed by atoms with E-state index >= 15 is 0 Å². The molecule has 0 atom stereocenters. The number of anilines is 1. The van der Waals surface area contributed by atoms with E-state index in [1.165, 1.54) is 12.8 Å². The molecule has 0 saturated heterocycles. The molecule has 1 aliphatic rings. The number of aryl methyl sites for hydroxylation is 2. The van der Waals surface area contributed by atoms with Crippen LogP contribution < -0.4 is 10.6 Å². The minimum absolute atomic E-state index is 0.586. The molecule has 1 aromatic rings. The van der Waals surface area contributed by atoms with Gasteiger partial charge in [0.05, 0.1) is 17.1 Å². The molecule has 5 heteroatoms. The SMILES string of the molecule is Cc1n[nH]c(C)c1NC(=S)NC1CC1. The van der Waals surface area contributed by atoms with Gasteiger partial charge in [0, 0.05) is 6.04 Å². The van der Waals surface area contributed by atoms with Crippen molar-refractivity contribution in [3.8, 4) is 0 Å². The van der Waals surface area contributed by atoms with E-state index in [1.54, 1.807) is 0 Å². The van der Waals surface area contributed by atoms with Crippen molar-refractivity contribution in [3.05, 3.63) is 11.4 Å². The summed E-state index contributed by atoms with van der Waals surface area (Å²) in [5.74, 6) is 0. The van der Waals surface area contributed by atoms with Crippen LogP contribution in [0.4, 0.5) is 5.69 Å². The zero-order valence-corrected chi connectivity index (χ0v) is 9.16. The van der Waals surface area contributed by atoms with Crippen molar-refractivity contribution in [2.75, 3.05) is 5.32 Å². The molecule has 0 radical (unpaired) electrons. The van der Waals surface area contributed by atoms with Gasteiger partial charge in [-0.15, -0.1) is 0 Å². The van der Waals surface area contributed by atoms with E-state index in [9.17, 15) is 0 Å². The Labute approximate surface area is 88.5 Å². The number of rotatable bonds is 2. The standard InChI is InChI=1S/C9H14N4S/c1-5-8(6(2)13-12-5)11-9(14)10-7-3-4-7/h7H,3-4H2,1-2H3,(H,12,13)(H2,10,11,14). The molecule has 14 heavy (non-hydrogen) atoms. The van der Waals surface area contributed by atoms with Crippen molar-refractivity contribution in [2.45, 2.75) is 32.7 Å². The molecule has 0 spiro atoms. The Kier molecular flexibility index (Phi) is 2.41. The lowest BCUT2D eigenvalue weighted by molar-refractivity contribution is 0.919. The van der Waals surface area contributed by atoms with Crippen LogP contribution in [0.1, 0.15) is 24.2 Å². The third-order valence-electron chi connectivity index (χ3n) is 2.28. The smallest absolute Gasteiger partial charge is 0.171 e. The van der Waals surface area contributed by atoms with Gasteiger partial charge in [-0.2, -0.15) is 5.10 Å². The fraction of sp³-hybridized carbons (Fsp3) is 0.556. The second-order valence-corrected chi connectivity index (χ2v) is 4.09. The normalized spacial score (nSPS) is 15.3. The van der Waals surface area contributed by atoms with Crippen LogP contribution in [0.2, 0.25) is 0 Å². The van der Waals surface area contributed by atoms with Crippen molar-refractivity contribution in [1.82, 2.24) is 15.5 Å². The van der Waals surface area contributed by atoms with Crippen molar-refractivity contribution in [2.24, 2.45) is 0 Å². The molecule has 0 aliphatic heterocycles. The van der Waals surface area contributed by atoms with Crippen LogP contribution in [0.5, 0.6) is 0 Å². The minimum Gasteiger partial charge on any atom is -0.360 e. The second-order valence-electron chi connectivity index (χ2n) is 3.68. The first-order valence-electron chi connectivity index (χ1n) is 4.76. The summed E-state index contributed by atoms with van der Waals surface area (Å²) in [5.41, 5.74) is 2.95. The lowest BCUT2D eigenvalue weighted by atomic mass is 10.3. The third kappa shape index (κ3) is 2.04. The Hall–Kier alpha value is -1.10. The minimum atomic E-state index is 0.586. The number of aromatic amines is 1. The Morgan fingerprint density at radius 3 is 2.71 bits per heavy atom. The number of H-pyrrole nitrogens is 1. The Balaban J connectivity index is 1.98. The van der Waals surface area contributed by atoms with E-state index in [2.05, 4.69) is 20.8 Å². The van der Waals surface area contributed by atoms with Gasteiger partial charge in [-0.1, -0.05) is 0 Å². The monoisotopic (exact) mass is 210 g/mol. The fourth-order valence-corrected chi connectivity index (χ4v) is 1.57. The molecule has 76 valence electrons. The first kappa shape index (κ1) is 9.45. The van der Waals surface area contributed by atoms with Crippen molar-refractivity contribution in [1.29, 1.82) is 0 Å². The Morgan fingerprint density at radius 1 is 1.50 bits per heavy atom. The predicted octanol–water partition coefficient (Wildman–Crippen LogP) is 1.48.